The highest BCUT2D eigenvalue weighted by atomic mass is 16.5. The van der Waals surface area contributed by atoms with Gasteiger partial charge >= 0.3 is 5.97 Å². The molecule has 1 N–H and O–H groups in total. The maximum absolute atomic E-state index is 13.2. The number of ether oxygens (including phenoxy) is 1. The van der Waals surface area contributed by atoms with E-state index in [2.05, 4.69) is 4.98 Å². The highest BCUT2D eigenvalue weighted by Crippen LogP contribution is 2.40. The molecule has 1 atom stereocenters. The van der Waals surface area contributed by atoms with E-state index in [9.17, 15) is 19.5 Å². The van der Waals surface area contributed by atoms with Gasteiger partial charge in [0.05, 0.1) is 30.0 Å². The number of pyridine rings is 1. The number of aliphatic hydroxyl groups is 1. The second kappa shape index (κ2) is 9.11. The minimum absolute atomic E-state index is 0.0108. The molecule has 2 aromatic heterocycles. The number of Topliss-reactive ketones (excluding diaryl/α,β-unsaturated/α-hetero) is 1. The normalized spacial score (nSPS) is 17.7. The summed E-state index contributed by atoms with van der Waals surface area (Å²) >= 11 is 0. The number of likely N-dealkylation sites (tertiary alicyclic amines) is 1. The maximum atomic E-state index is 13.2. The Labute approximate surface area is 196 Å². The van der Waals surface area contributed by atoms with E-state index in [1.165, 1.54) is 12.0 Å². The number of carbonyl (C=O) groups is 3. The van der Waals surface area contributed by atoms with Crippen LogP contribution in [0.3, 0.4) is 0 Å². The summed E-state index contributed by atoms with van der Waals surface area (Å²) in [5.74, 6) is -2.22. The molecule has 0 spiro atoms. The Morgan fingerprint density at radius 1 is 1.15 bits per heavy atom. The Bertz CT molecular complexity index is 1310. The maximum Gasteiger partial charge on any atom is 0.337 e. The third-order valence-electron chi connectivity index (χ3n) is 5.90. The zero-order chi connectivity index (χ0) is 24.6. The van der Waals surface area contributed by atoms with Crippen LogP contribution in [0.5, 0.6) is 0 Å². The molecule has 0 saturated carbocycles. The van der Waals surface area contributed by atoms with Gasteiger partial charge < -0.3 is 19.6 Å². The predicted molar refractivity (Wildman–Crippen MR) is 125 cm³/mol. The van der Waals surface area contributed by atoms with Crippen LogP contribution >= 0.6 is 0 Å². The van der Waals surface area contributed by atoms with Crippen LogP contribution in [0.1, 0.15) is 33.4 Å². The molecule has 34 heavy (non-hydrogen) atoms. The van der Waals surface area contributed by atoms with Crippen LogP contribution in [0.15, 0.2) is 54.2 Å². The zero-order valence-electron chi connectivity index (χ0n) is 19.5. The number of benzene rings is 1. The lowest BCUT2D eigenvalue weighted by Gasteiger charge is -2.26. The molecule has 1 aliphatic heterocycles. The van der Waals surface area contributed by atoms with Gasteiger partial charge in [0.15, 0.2) is 5.76 Å². The van der Waals surface area contributed by atoms with Gasteiger partial charge in [0, 0.05) is 19.3 Å². The van der Waals surface area contributed by atoms with Crippen molar-refractivity contribution in [3.8, 4) is 0 Å². The van der Waals surface area contributed by atoms with E-state index in [1.54, 1.807) is 53.9 Å². The van der Waals surface area contributed by atoms with Crippen molar-refractivity contribution in [1.82, 2.24) is 19.2 Å². The molecule has 0 aliphatic carbocycles. The average Bonchev–Trinajstić information content (AvgIpc) is 3.29. The molecule has 1 saturated heterocycles. The molecule has 1 fully saturated rings. The predicted octanol–water partition coefficient (Wildman–Crippen LogP) is 2.41. The molecule has 3 aromatic rings. The number of fused-ring (bicyclic) bond motifs is 1. The third-order valence-corrected chi connectivity index (χ3v) is 5.90. The number of aromatic nitrogens is 2. The molecule has 9 nitrogen and oxygen atoms in total. The monoisotopic (exact) mass is 462 g/mol. The van der Waals surface area contributed by atoms with E-state index in [0.717, 1.165) is 0 Å². The number of methoxy groups -OCH3 is 1. The lowest BCUT2D eigenvalue weighted by atomic mass is 9.95. The second-order valence-corrected chi connectivity index (χ2v) is 8.38. The van der Waals surface area contributed by atoms with Gasteiger partial charge in [0.1, 0.15) is 11.3 Å². The first-order chi connectivity index (χ1) is 16.2. The van der Waals surface area contributed by atoms with Crippen molar-refractivity contribution in [3.05, 3.63) is 76.7 Å². The lowest BCUT2D eigenvalue weighted by Crippen LogP contribution is -2.35. The summed E-state index contributed by atoms with van der Waals surface area (Å²) in [4.78, 5) is 46.0. The van der Waals surface area contributed by atoms with Gasteiger partial charge in [0.2, 0.25) is 0 Å². The van der Waals surface area contributed by atoms with E-state index in [-0.39, 0.29) is 17.9 Å². The Hall–Kier alpha value is -3.98. The molecule has 0 radical (unpaired) electrons. The van der Waals surface area contributed by atoms with Crippen molar-refractivity contribution in [2.24, 2.45) is 0 Å². The molecule has 1 aliphatic rings. The van der Waals surface area contributed by atoms with Crippen molar-refractivity contribution in [2.75, 3.05) is 34.3 Å². The van der Waals surface area contributed by atoms with Gasteiger partial charge in [-0.2, -0.15) is 0 Å². The number of ketones is 1. The largest absolute Gasteiger partial charge is 0.505 e. The summed E-state index contributed by atoms with van der Waals surface area (Å²) in [5, 5.41) is 11.4. The minimum atomic E-state index is -0.819. The van der Waals surface area contributed by atoms with Crippen LogP contribution in [0.2, 0.25) is 0 Å². The second-order valence-electron chi connectivity index (χ2n) is 8.38. The highest BCUT2D eigenvalue weighted by molar-refractivity contribution is 6.46. The van der Waals surface area contributed by atoms with Crippen molar-refractivity contribution < 1.29 is 24.2 Å². The number of carbonyl (C=O) groups excluding carboxylic acids is 3. The Morgan fingerprint density at radius 2 is 1.85 bits per heavy atom. The molecular weight excluding hydrogens is 436 g/mol. The molecular formula is C25H26N4O5. The molecule has 0 unspecified atom stereocenters. The minimum Gasteiger partial charge on any atom is -0.505 e. The number of aryl methyl sites for hydroxylation is 1. The van der Waals surface area contributed by atoms with Gasteiger partial charge in [-0.1, -0.05) is 18.2 Å². The van der Waals surface area contributed by atoms with Crippen LogP contribution < -0.4 is 0 Å². The van der Waals surface area contributed by atoms with Crippen LogP contribution in [0.25, 0.3) is 11.4 Å². The fraction of sp³-hybridized carbons (Fsp3) is 0.280. The van der Waals surface area contributed by atoms with E-state index in [1.807, 2.05) is 25.1 Å². The molecule has 0 bridgehead atoms. The van der Waals surface area contributed by atoms with Crippen LogP contribution in [-0.4, -0.2) is 76.2 Å². The first-order valence-electron chi connectivity index (χ1n) is 10.8. The third kappa shape index (κ3) is 3.94. The fourth-order valence-electron chi connectivity index (χ4n) is 4.21. The summed E-state index contributed by atoms with van der Waals surface area (Å²) in [5.41, 5.74) is 2.43. The standard InChI is InChI=1S/C25H26N4O5/c1-15-20(28-12-6-5-7-18(28)26-15)22(30)19-21(16-8-10-17(11-9-16)25(33)34-4)29(14-13-27(2)3)24(32)23(19)31/h5-12,21,30H,13-14H2,1-4H3/b22-19+/t21-/m1/s1. The Morgan fingerprint density at radius 3 is 2.50 bits per heavy atom. The summed E-state index contributed by atoms with van der Waals surface area (Å²) in [6.45, 7) is 2.55. The van der Waals surface area contributed by atoms with Gasteiger partial charge in [-0.15, -0.1) is 0 Å². The lowest BCUT2D eigenvalue weighted by molar-refractivity contribution is -0.140. The molecule has 4 rings (SSSR count). The smallest absolute Gasteiger partial charge is 0.337 e. The highest BCUT2D eigenvalue weighted by Gasteiger charge is 2.46. The van der Waals surface area contributed by atoms with Gasteiger partial charge in [-0.05, 0) is 50.8 Å². The number of rotatable bonds is 6. The summed E-state index contributed by atoms with van der Waals surface area (Å²) in [7, 11) is 5.04. The van der Waals surface area contributed by atoms with Gasteiger partial charge in [-0.3, -0.25) is 14.0 Å². The molecule has 9 heteroatoms. The number of aliphatic hydroxyl groups excluding tert-OH is 1. The first kappa shape index (κ1) is 23.2. The first-order valence-corrected chi connectivity index (χ1v) is 10.8. The average molecular weight is 463 g/mol. The topological polar surface area (TPSA) is 104 Å². The number of nitrogens with zero attached hydrogens (tertiary/aromatic N) is 4. The summed E-state index contributed by atoms with van der Waals surface area (Å²) in [6.07, 6.45) is 1.74. The van der Waals surface area contributed by atoms with E-state index < -0.39 is 23.7 Å². The SMILES string of the molecule is COC(=O)c1ccc([C@@H]2/C(=C(\O)c3c(C)nc4ccccn34)C(=O)C(=O)N2CCN(C)C)cc1. The van der Waals surface area contributed by atoms with Crippen LogP contribution in [0.4, 0.5) is 0 Å². The molecule has 1 amide bonds. The summed E-state index contributed by atoms with van der Waals surface area (Å²) < 4.78 is 6.45. The van der Waals surface area contributed by atoms with E-state index >= 15 is 0 Å². The van der Waals surface area contributed by atoms with Crippen molar-refractivity contribution in [1.29, 1.82) is 0 Å². The Balaban J connectivity index is 1.89. The fourth-order valence-corrected chi connectivity index (χ4v) is 4.21. The van der Waals surface area contributed by atoms with Crippen molar-refractivity contribution in [3.63, 3.8) is 0 Å². The molecule has 176 valence electrons. The van der Waals surface area contributed by atoms with Crippen LogP contribution in [-0.2, 0) is 14.3 Å². The number of amides is 1. The molecule has 1 aromatic carbocycles. The van der Waals surface area contributed by atoms with Crippen LogP contribution in [0, 0.1) is 6.92 Å². The number of hydrogen-bond donors (Lipinski definition) is 1. The van der Waals surface area contributed by atoms with E-state index in [4.69, 9.17) is 4.74 Å². The summed E-state index contributed by atoms with van der Waals surface area (Å²) in [6, 6.07) is 11.1. The Kier molecular flexibility index (Phi) is 6.21. The van der Waals surface area contributed by atoms with Gasteiger partial charge in [-0.25, -0.2) is 9.78 Å². The number of imidazole rings is 1. The van der Waals surface area contributed by atoms with Crippen molar-refractivity contribution in [2.45, 2.75) is 13.0 Å². The van der Waals surface area contributed by atoms with Gasteiger partial charge in [0.25, 0.3) is 11.7 Å². The molecule has 3 heterocycles. The quantitative estimate of drug-likeness (QED) is 0.260. The number of hydrogen-bond acceptors (Lipinski definition) is 7. The number of esters is 1. The number of likely N-dealkylation sites (N-methyl/N-ethyl adjacent to an activating group) is 1. The van der Waals surface area contributed by atoms with E-state index in [0.29, 0.717) is 34.7 Å². The van der Waals surface area contributed by atoms with Crippen molar-refractivity contribution >= 4 is 29.1 Å². The zero-order valence-corrected chi connectivity index (χ0v) is 19.5.